The Bertz CT molecular complexity index is 981. The number of benzene rings is 2. The van der Waals surface area contributed by atoms with Gasteiger partial charge in [-0.3, -0.25) is 4.79 Å². The lowest BCUT2D eigenvalue weighted by Gasteiger charge is -2.17. The number of hydrogen-bond acceptors (Lipinski definition) is 4. The molecule has 0 radical (unpaired) electrons. The summed E-state index contributed by atoms with van der Waals surface area (Å²) in [6.07, 6.45) is 3.49. The van der Waals surface area contributed by atoms with Crippen molar-refractivity contribution < 1.29 is 28.2 Å². The van der Waals surface area contributed by atoms with Gasteiger partial charge in [0.15, 0.2) is 0 Å². The Hall–Kier alpha value is -3.68. The first kappa shape index (κ1) is 23.6. The molecule has 164 valence electrons. The number of carboxylic acids is 1. The molecule has 2 rings (SSSR count). The molecule has 2 aromatic rings. The largest absolute Gasteiger partial charge is 0.488 e. The van der Waals surface area contributed by atoms with Crippen LogP contribution in [0.2, 0.25) is 0 Å². The summed E-state index contributed by atoms with van der Waals surface area (Å²) in [4.78, 5) is 23.8. The maximum absolute atomic E-state index is 13.4. The smallest absolute Gasteiger partial charge is 0.335 e. The van der Waals surface area contributed by atoms with E-state index in [-0.39, 0.29) is 23.5 Å². The minimum absolute atomic E-state index is 0.0525. The monoisotopic (exact) mass is 430 g/mol. The number of halogens is 2. The highest BCUT2D eigenvalue weighted by Gasteiger charge is 2.16. The van der Waals surface area contributed by atoms with Crippen molar-refractivity contribution in [2.75, 3.05) is 6.61 Å². The highest BCUT2D eigenvalue weighted by molar-refractivity contribution is 5.94. The molecule has 0 bridgehead atoms. The first-order chi connectivity index (χ1) is 14.7. The molecule has 0 saturated heterocycles. The second-order valence-corrected chi connectivity index (χ2v) is 6.78. The summed E-state index contributed by atoms with van der Waals surface area (Å²) >= 11 is 0. The third-order valence-electron chi connectivity index (χ3n) is 4.51. The third-order valence-corrected chi connectivity index (χ3v) is 4.51. The van der Waals surface area contributed by atoms with Crippen molar-refractivity contribution in [2.24, 2.45) is 5.73 Å². The van der Waals surface area contributed by atoms with Crippen LogP contribution in [-0.2, 0) is 4.79 Å². The van der Waals surface area contributed by atoms with E-state index >= 15 is 0 Å². The van der Waals surface area contributed by atoms with E-state index in [1.54, 1.807) is 25.1 Å². The summed E-state index contributed by atoms with van der Waals surface area (Å²) in [6.45, 7) is 3.37. The van der Waals surface area contributed by atoms with Crippen molar-refractivity contribution >= 4 is 11.9 Å². The van der Waals surface area contributed by atoms with Gasteiger partial charge >= 0.3 is 5.97 Å². The van der Waals surface area contributed by atoms with Gasteiger partial charge in [-0.1, -0.05) is 19.1 Å². The Labute approximate surface area is 179 Å². The highest BCUT2D eigenvalue weighted by atomic mass is 19.1. The van der Waals surface area contributed by atoms with Gasteiger partial charge in [0.1, 0.15) is 24.0 Å². The third kappa shape index (κ3) is 6.95. The average Bonchev–Trinajstić information content (AvgIpc) is 2.73. The van der Waals surface area contributed by atoms with Crippen molar-refractivity contribution in [2.45, 2.75) is 26.3 Å². The van der Waals surface area contributed by atoms with E-state index in [0.717, 1.165) is 18.2 Å². The predicted molar refractivity (Wildman–Crippen MR) is 112 cm³/mol. The SMILES string of the molecule is CCC(=C/N)/C=C(\COc1cc(F)cc(F)c1)C(=O)NC(C)c1ccc(C(=O)O)cc1. The van der Waals surface area contributed by atoms with Crippen LogP contribution in [0, 0.1) is 11.6 Å². The van der Waals surface area contributed by atoms with Crippen LogP contribution in [0.25, 0.3) is 0 Å². The van der Waals surface area contributed by atoms with E-state index in [0.29, 0.717) is 17.6 Å². The molecule has 0 saturated carbocycles. The molecular formula is C23H24F2N2O4. The molecule has 0 aliphatic heterocycles. The summed E-state index contributed by atoms with van der Waals surface area (Å²) < 4.78 is 32.2. The number of hydrogen-bond donors (Lipinski definition) is 3. The van der Waals surface area contributed by atoms with Crippen molar-refractivity contribution in [3.63, 3.8) is 0 Å². The molecular weight excluding hydrogens is 406 g/mol. The van der Waals surface area contributed by atoms with Crippen molar-refractivity contribution in [1.29, 1.82) is 0 Å². The van der Waals surface area contributed by atoms with Gasteiger partial charge in [-0.2, -0.15) is 0 Å². The van der Waals surface area contributed by atoms with Crippen LogP contribution in [0.5, 0.6) is 5.75 Å². The molecule has 0 aliphatic rings. The quantitative estimate of drug-likeness (QED) is 0.411. The van der Waals surface area contributed by atoms with Gasteiger partial charge < -0.3 is 20.9 Å². The average molecular weight is 430 g/mol. The summed E-state index contributed by atoms with van der Waals surface area (Å²) in [5.74, 6) is -3.14. The highest BCUT2D eigenvalue weighted by Crippen LogP contribution is 2.18. The molecule has 6 nitrogen and oxygen atoms in total. The van der Waals surface area contributed by atoms with Gasteiger partial charge in [-0.05, 0) is 48.9 Å². The fourth-order valence-electron chi connectivity index (χ4n) is 2.72. The molecule has 31 heavy (non-hydrogen) atoms. The van der Waals surface area contributed by atoms with Crippen LogP contribution in [0.4, 0.5) is 8.78 Å². The number of aromatic carboxylic acids is 1. The predicted octanol–water partition coefficient (Wildman–Crippen LogP) is 4.10. The molecule has 0 aromatic heterocycles. The Morgan fingerprint density at radius 3 is 2.29 bits per heavy atom. The number of nitrogens with two attached hydrogens (primary N) is 1. The normalized spacial score (nSPS) is 12.9. The fraction of sp³-hybridized carbons (Fsp3) is 0.217. The zero-order chi connectivity index (χ0) is 23.0. The summed E-state index contributed by atoms with van der Waals surface area (Å²) in [6, 6.07) is 8.45. The fourth-order valence-corrected chi connectivity index (χ4v) is 2.72. The number of nitrogens with one attached hydrogen (secondary N) is 1. The number of ether oxygens (including phenoxy) is 1. The van der Waals surface area contributed by atoms with E-state index in [9.17, 15) is 18.4 Å². The number of amides is 1. The first-order valence-corrected chi connectivity index (χ1v) is 9.57. The Morgan fingerprint density at radius 1 is 1.16 bits per heavy atom. The number of allylic oxidation sites excluding steroid dienone is 2. The molecule has 1 amide bonds. The number of rotatable bonds is 9. The van der Waals surface area contributed by atoms with Crippen molar-refractivity contribution in [3.8, 4) is 5.75 Å². The molecule has 1 unspecified atom stereocenters. The summed E-state index contributed by atoms with van der Waals surface area (Å²) in [5.41, 5.74) is 7.31. The molecule has 0 aliphatic carbocycles. The molecule has 8 heteroatoms. The molecule has 2 aromatic carbocycles. The zero-order valence-corrected chi connectivity index (χ0v) is 17.2. The topological polar surface area (TPSA) is 102 Å². The van der Waals surface area contributed by atoms with E-state index in [4.69, 9.17) is 15.6 Å². The van der Waals surface area contributed by atoms with E-state index in [1.165, 1.54) is 18.3 Å². The van der Waals surface area contributed by atoms with Gasteiger partial charge in [-0.15, -0.1) is 0 Å². The molecule has 0 fully saturated rings. The Balaban J connectivity index is 2.18. The number of carbonyl (C=O) groups is 2. The minimum atomic E-state index is -1.04. The van der Waals surface area contributed by atoms with Crippen LogP contribution in [0.3, 0.4) is 0 Å². The second kappa shape index (κ2) is 10.9. The van der Waals surface area contributed by atoms with Crippen LogP contribution in [0.15, 0.2) is 65.9 Å². The maximum atomic E-state index is 13.4. The minimum Gasteiger partial charge on any atom is -0.488 e. The molecule has 4 N–H and O–H groups in total. The number of carbonyl (C=O) groups excluding carboxylic acids is 1. The lowest BCUT2D eigenvalue weighted by atomic mass is 10.0. The van der Waals surface area contributed by atoms with Gasteiger partial charge in [0.05, 0.1) is 17.2 Å². The van der Waals surface area contributed by atoms with Crippen LogP contribution in [-0.4, -0.2) is 23.6 Å². The van der Waals surface area contributed by atoms with Gasteiger partial charge in [0.25, 0.3) is 5.91 Å². The molecule has 0 heterocycles. The molecule has 1 atom stereocenters. The van der Waals surface area contributed by atoms with E-state index in [1.807, 2.05) is 6.92 Å². The number of carboxylic acid groups (broad SMARTS) is 1. The van der Waals surface area contributed by atoms with Crippen LogP contribution < -0.4 is 15.8 Å². The van der Waals surface area contributed by atoms with Crippen molar-refractivity contribution in [3.05, 3.63) is 88.6 Å². The second-order valence-electron chi connectivity index (χ2n) is 6.78. The summed E-state index contributed by atoms with van der Waals surface area (Å²) in [7, 11) is 0. The maximum Gasteiger partial charge on any atom is 0.335 e. The van der Waals surface area contributed by atoms with E-state index in [2.05, 4.69) is 5.32 Å². The zero-order valence-electron chi connectivity index (χ0n) is 17.2. The molecule has 0 spiro atoms. The van der Waals surface area contributed by atoms with Crippen LogP contribution >= 0.6 is 0 Å². The van der Waals surface area contributed by atoms with Gasteiger partial charge in [0, 0.05) is 18.2 Å². The van der Waals surface area contributed by atoms with Crippen LogP contribution in [0.1, 0.15) is 42.2 Å². The summed E-state index contributed by atoms with van der Waals surface area (Å²) in [5, 5.41) is 11.8. The Morgan fingerprint density at radius 2 is 1.77 bits per heavy atom. The lowest BCUT2D eigenvalue weighted by Crippen LogP contribution is -2.30. The Kier molecular flexibility index (Phi) is 8.31. The standard InChI is InChI=1S/C23H24F2N2O4/c1-3-15(12-26)8-18(13-31-21-10-19(24)9-20(25)11-21)22(28)27-14(2)16-4-6-17(7-5-16)23(29)30/h4-12,14H,3,13,26H2,1-2H3,(H,27,28)(H,29,30)/b15-12-,18-8+. The first-order valence-electron chi connectivity index (χ1n) is 9.57. The van der Waals surface area contributed by atoms with E-state index < -0.39 is 29.6 Å². The lowest BCUT2D eigenvalue weighted by molar-refractivity contribution is -0.118. The van der Waals surface area contributed by atoms with Gasteiger partial charge in [-0.25, -0.2) is 13.6 Å². The van der Waals surface area contributed by atoms with Crippen molar-refractivity contribution in [1.82, 2.24) is 5.32 Å². The van der Waals surface area contributed by atoms with Gasteiger partial charge in [0.2, 0.25) is 0 Å².